The van der Waals surface area contributed by atoms with Gasteiger partial charge in [-0.2, -0.15) is 0 Å². The second-order valence-corrected chi connectivity index (χ2v) is 5.35. The molecule has 1 heterocycles. The van der Waals surface area contributed by atoms with E-state index in [-0.39, 0.29) is 11.3 Å². The quantitative estimate of drug-likeness (QED) is 0.271. The Hall–Kier alpha value is -1.17. The lowest BCUT2D eigenvalue weighted by Gasteiger charge is -2.22. The normalized spacial score (nSPS) is 13.1. The lowest BCUT2D eigenvalue weighted by atomic mass is 9.89. The molecule has 0 fully saturated rings. The maximum atomic E-state index is 8.64. The second-order valence-electron chi connectivity index (χ2n) is 4.29. The monoisotopic (exact) mass is 242 g/mol. The first kappa shape index (κ1) is 12.9. The Morgan fingerprint density at radius 3 is 2.88 bits per heavy atom. The summed E-state index contributed by atoms with van der Waals surface area (Å²) in [6, 6.07) is 0. The molecule has 6 heteroatoms. The average molecular weight is 242 g/mol. The van der Waals surface area contributed by atoms with Gasteiger partial charge >= 0.3 is 0 Å². The zero-order valence-corrected chi connectivity index (χ0v) is 10.7. The molecule has 0 aliphatic rings. The van der Waals surface area contributed by atoms with Crippen LogP contribution in [-0.2, 0) is 7.05 Å². The van der Waals surface area contributed by atoms with Crippen LogP contribution in [0.4, 0.5) is 0 Å². The van der Waals surface area contributed by atoms with E-state index in [9.17, 15) is 0 Å². The molecule has 0 radical (unpaired) electrons. The Morgan fingerprint density at radius 1 is 1.69 bits per heavy atom. The van der Waals surface area contributed by atoms with Gasteiger partial charge in [-0.25, -0.2) is 4.98 Å². The van der Waals surface area contributed by atoms with E-state index < -0.39 is 0 Å². The summed E-state index contributed by atoms with van der Waals surface area (Å²) in [6.45, 7) is 3.92. The third-order valence-electron chi connectivity index (χ3n) is 2.54. The number of hydrogen-bond donors (Lipinski definition) is 2. The largest absolute Gasteiger partial charge is 0.409 e. The van der Waals surface area contributed by atoms with Gasteiger partial charge in [0.2, 0.25) is 0 Å². The molecule has 0 amide bonds. The highest BCUT2D eigenvalue weighted by atomic mass is 32.2. The molecule has 0 unspecified atom stereocenters. The molecule has 0 atom stereocenters. The van der Waals surface area contributed by atoms with E-state index in [1.807, 2.05) is 31.7 Å². The van der Waals surface area contributed by atoms with Crippen molar-refractivity contribution in [3.05, 3.63) is 12.4 Å². The minimum atomic E-state index is -0.285. The van der Waals surface area contributed by atoms with Crippen molar-refractivity contribution in [3.63, 3.8) is 0 Å². The van der Waals surface area contributed by atoms with Crippen LogP contribution >= 0.6 is 11.8 Å². The lowest BCUT2D eigenvalue weighted by Crippen LogP contribution is -2.32. The highest BCUT2D eigenvalue weighted by molar-refractivity contribution is 7.99. The molecule has 3 N–H and O–H groups in total. The van der Waals surface area contributed by atoms with Gasteiger partial charge in [0.1, 0.15) is 5.84 Å². The summed E-state index contributed by atoms with van der Waals surface area (Å²) >= 11 is 1.67. The number of imidazole rings is 1. The molecule has 16 heavy (non-hydrogen) atoms. The minimum Gasteiger partial charge on any atom is -0.409 e. The Labute approximate surface area is 99.7 Å². The van der Waals surface area contributed by atoms with Crippen LogP contribution in [0.1, 0.15) is 20.3 Å². The van der Waals surface area contributed by atoms with E-state index >= 15 is 0 Å². The maximum Gasteiger partial charge on any atom is 0.167 e. The van der Waals surface area contributed by atoms with Crippen LogP contribution in [0, 0.1) is 5.41 Å². The molecule has 1 rings (SSSR count). The summed E-state index contributed by atoms with van der Waals surface area (Å²) in [6.07, 6.45) is 4.52. The topological polar surface area (TPSA) is 76.4 Å². The third kappa shape index (κ3) is 3.16. The maximum absolute atomic E-state index is 8.64. The number of aromatic nitrogens is 2. The smallest absolute Gasteiger partial charge is 0.167 e. The van der Waals surface area contributed by atoms with Gasteiger partial charge in [-0.1, -0.05) is 30.8 Å². The predicted molar refractivity (Wildman–Crippen MR) is 65.7 cm³/mol. The van der Waals surface area contributed by atoms with Crippen LogP contribution in [0.5, 0.6) is 0 Å². The zero-order chi connectivity index (χ0) is 12.2. The molecule has 0 spiro atoms. The summed E-state index contributed by atoms with van der Waals surface area (Å²) in [7, 11) is 1.96. The number of thioether (sulfide) groups is 1. The Bertz CT molecular complexity index is 373. The molecule has 0 aliphatic heterocycles. The van der Waals surface area contributed by atoms with Crippen LogP contribution < -0.4 is 5.73 Å². The molecule has 0 aromatic carbocycles. The van der Waals surface area contributed by atoms with Gasteiger partial charge in [-0.05, 0) is 6.42 Å². The fraction of sp³-hybridized carbons (Fsp3) is 0.600. The highest BCUT2D eigenvalue weighted by Crippen LogP contribution is 2.25. The zero-order valence-electron chi connectivity index (χ0n) is 9.84. The van der Waals surface area contributed by atoms with E-state index in [4.69, 9.17) is 10.9 Å². The Balaban J connectivity index is 2.44. The molecule has 0 saturated carbocycles. The van der Waals surface area contributed by atoms with Crippen molar-refractivity contribution in [3.8, 4) is 0 Å². The van der Waals surface area contributed by atoms with E-state index in [0.29, 0.717) is 0 Å². The Morgan fingerprint density at radius 2 is 2.38 bits per heavy atom. The van der Waals surface area contributed by atoms with Gasteiger partial charge in [0, 0.05) is 30.6 Å². The number of oxime groups is 1. The van der Waals surface area contributed by atoms with Crippen molar-refractivity contribution in [1.29, 1.82) is 0 Å². The van der Waals surface area contributed by atoms with Gasteiger partial charge in [0.05, 0.1) is 0 Å². The van der Waals surface area contributed by atoms with Crippen molar-refractivity contribution in [2.24, 2.45) is 23.4 Å². The van der Waals surface area contributed by atoms with E-state index in [1.54, 1.807) is 18.0 Å². The van der Waals surface area contributed by atoms with Gasteiger partial charge in [-0.3, -0.25) is 0 Å². The fourth-order valence-corrected chi connectivity index (χ4v) is 2.35. The highest BCUT2D eigenvalue weighted by Gasteiger charge is 2.23. The molecule has 0 saturated heterocycles. The van der Waals surface area contributed by atoms with Crippen LogP contribution in [0.3, 0.4) is 0 Å². The number of rotatable bonds is 5. The molecule has 1 aromatic heterocycles. The standard InChI is InChI=1S/C10H18N4OS/c1-10(2,8(11)13-15)4-7-16-9-12-5-6-14(9)3/h5-6,15H,4,7H2,1-3H3,(H2,11,13). The molecule has 0 aliphatic carbocycles. The minimum absolute atomic E-state index is 0.271. The molecule has 1 aromatic rings. The number of nitrogens with zero attached hydrogens (tertiary/aromatic N) is 3. The molecular weight excluding hydrogens is 224 g/mol. The first-order valence-corrected chi connectivity index (χ1v) is 6.04. The van der Waals surface area contributed by atoms with Crippen molar-refractivity contribution >= 4 is 17.6 Å². The number of hydrogen-bond acceptors (Lipinski definition) is 4. The average Bonchev–Trinajstić information content (AvgIpc) is 2.63. The van der Waals surface area contributed by atoms with Crippen LogP contribution in [0.2, 0.25) is 0 Å². The van der Waals surface area contributed by atoms with Gasteiger partial charge in [0.25, 0.3) is 0 Å². The van der Waals surface area contributed by atoms with E-state index in [2.05, 4.69) is 10.1 Å². The molecule has 0 bridgehead atoms. The third-order valence-corrected chi connectivity index (χ3v) is 3.60. The SMILES string of the molecule is Cn1ccnc1SCCC(C)(C)C(N)=NO. The lowest BCUT2D eigenvalue weighted by molar-refractivity contribution is 0.307. The number of amidine groups is 1. The molecule has 5 nitrogen and oxygen atoms in total. The predicted octanol–water partition coefficient (Wildman–Crippen LogP) is 1.67. The van der Waals surface area contributed by atoms with Crippen LogP contribution in [0.15, 0.2) is 22.7 Å². The van der Waals surface area contributed by atoms with E-state index in [1.165, 1.54) is 0 Å². The number of aryl methyl sites for hydroxylation is 1. The summed E-state index contributed by atoms with van der Waals surface area (Å²) in [5.74, 6) is 1.15. The van der Waals surface area contributed by atoms with Crippen LogP contribution in [0.25, 0.3) is 0 Å². The van der Waals surface area contributed by atoms with Crippen molar-refractivity contribution in [2.45, 2.75) is 25.4 Å². The van der Waals surface area contributed by atoms with Crippen LogP contribution in [-0.4, -0.2) is 26.3 Å². The van der Waals surface area contributed by atoms with Gasteiger partial charge < -0.3 is 15.5 Å². The summed E-state index contributed by atoms with van der Waals surface area (Å²) in [5, 5.41) is 12.7. The van der Waals surface area contributed by atoms with Gasteiger partial charge in [0.15, 0.2) is 5.16 Å². The van der Waals surface area contributed by atoms with E-state index in [0.717, 1.165) is 17.3 Å². The second kappa shape index (κ2) is 5.25. The fourth-order valence-electron chi connectivity index (χ4n) is 1.15. The molecule has 90 valence electrons. The van der Waals surface area contributed by atoms with Crippen molar-refractivity contribution < 1.29 is 5.21 Å². The van der Waals surface area contributed by atoms with Gasteiger partial charge in [-0.15, -0.1) is 0 Å². The van der Waals surface area contributed by atoms with Crippen molar-refractivity contribution in [1.82, 2.24) is 9.55 Å². The first-order chi connectivity index (χ1) is 7.47. The van der Waals surface area contributed by atoms with Crippen molar-refractivity contribution in [2.75, 3.05) is 5.75 Å². The summed E-state index contributed by atoms with van der Waals surface area (Å²) < 4.78 is 1.97. The summed E-state index contributed by atoms with van der Waals surface area (Å²) in [4.78, 5) is 4.22. The summed E-state index contributed by atoms with van der Waals surface area (Å²) in [5.41, 5.74) is 5.33. The first-order valence-electron chi connectivity index (χ1n) is 5.05. The Kier molecular flexibility index (Phi) is 4.23. The number of nitrogens with two attached hydrogens (primary N) is 1. The molecular formula is C10H18N4OS.